The molecule has 6 unspecified atom stereocenters. The summed E-state index contributed by atoms with van der Waals surface area (Å²) in [6.07, 6.45) is 1.02. The first-order chi connectivity index (χ1) is 29.0. The Morgan fingerprint density at radius 2 is 1.17 bits per heavy atom. The molecule has 1 aromatic rings. The van der Waals surface area contributed by atoms with Gasteiger partial charge in [0.15, 0.2) is 0 Å². The van der Waals surface area contributed by atoms with Crippen LogP contribution in [0.2, 0.25) is 0 Å². The quantitative estimate of drug-likeness (QED) is 0.0840. The molecule has 1 aromatic heterocycles. The molecular formula is C42H50FeN4O16-2. The number of nitrogens with zero attached hydrogens (tertiary/aromatic N) is 2. The van der Waals surface area contributed by atoms with Crippen molar-refractivity contribution < 1.29 is 96.3 Å². The molecule has 0 aliphatic carbocycles. The molecule has 20 nitrogen and oxygen atoms in total. The Hall–Kier alpha value is -6.34. The summed E-state index contributed by atoms with van der Waals surface area (Å²) in [6, 6.07) is -2.08. The summed E-state index contributed by atoms with van der Waals surface area (Å²) in [7, 11) is 0. The molecule has 8 bridgehead atoms. The van der Waals surface area contributed by atoms with Gasteiger partial charge < -0.3 is 61.8 Å². The monoisotopic (exact) mass is 922 g/mol. The zero-order valence-corrected chi connectivity index (χ0v) is 35.5. The number of aromatic nitrogens is 1. The Morgan fingerprint density at radius 1 is 0.619 bits per heavy atom. The Morgan fingerprint density at radius 3 is 1.73 bits per heavy atom. The molecule has 344 valence electrons. The minimum absolute atomic E-state index is 0. The number of nitrogens with one attached hydrogen (secondary N) is 2. The van der Waals surface area contributed by atoms with Gasteiger partial charge in [0.2, 0.25) is 0 Å². The Labute approximate surface area is 370 Å². The van der Waals surface area contributed by atoms with Gasteiger partial charge in [-0.2, -0.15) is 11.4 Å². The van der Waals surface area contributed by atoms with Crippen LogP contribution in [0, 0.1) is 22.7 Å². The summed E-state index contributed by atoms with van der Waals surface area (Å²) >= 11 is 0. The third-order valence-corrected chi connectivity index (χ3v) is 12.2. The van der Waals surface area contributed by atoms with Crippen molar-refractivity contribution in [2.45, 2.75) is 103 Å². The first-order valence-corrected chi connectivity index (χ1v) is 19.8. The van der Waals surface area contributed by atoms with E-state index in [0.29, 0.717) is 0 Å². The van der Waals surface area contributed by atoms with Gasteiger partial charge in [0.05, 0.1) is 31.7 Å². The van der Waals surface area contributed by atoms with Crippen LogP contribution in [-0.2, 0) is 68.3 Å². The SMILES string of the molecule is CC1(CC(=O)O)C2=CC3NC(=Cc4[n-]c(c(CC(=O)O)c4CCC(=O)O)C=C4NC(C=C([N-]2)C1CCC(=O)O)C(C)(CC(=O)O)C4CCC(=O)O)C(CCC(=O)O)=C3CC(=O)O.[FeH2]. The summed E-state index contributed by atoms with van der Waals surface area (Å²) in [6.45, 7) is 3.18. The van der Waals surface area contributed by atoms with Crippen LogP contribution >= 0.6 is 0 Å². The fraction of sp³-hybridized carbons (Fsp3) is 0.476. The van der Waals surface area contributed by atoms with E-state index in [2.05, 4.69) is 10.6 Å². The van der Waals surface area contributed by atoms with Gasteiger partial charge in [-0.25, -0.2) is 0 Å². The second-order valence-corrected chi connectivity index (χ2v) is 16.5. The molecule has 5 rings (SSSR count). The van der Waals surface area contributed by atoms with Gasteiger partial charge in [0.25, 0.3) is 0 Å². The number of carboxylic acid groups (broad SMARTS) is 8. The van der Waals surface area contributed by atoms with Crippen LogP contribution in [-0.4, -0.2) is 101 Å². The topological polar surface area (TPSA) is 351 Å². The maximum absolute atomic E-state index is 12.6. The molecular weight excluding hydrogens is 872 g/mol. The fourth-order valence-electron chi connectivity index (χ4n) is 9.36. The zero-order valence-electron chi connectivity index (χ0n) is 34.3. The third kappa shape index (κ3) is 11.2. The number of rotatable bonds is 20. The minimum atomic E-state index is -1.45. The molecule has 5 heterocycles. The van der Waals surface area contributed by atoms with Crippen molar-refractivity contribution in [3.8, 4) is 0 Å². The summed E-state index contributed by atoms with van der Waals surface area (Å²) in [5.41, 5.74) is -1.31. The van der Waals surface area contributed by atoms with Crippen molar-refractivity contribution in [1.29, 1.82) is 0 Å². The predicted octanol–water partition coefficient (Wildman–Crippen LogP) is 3.10. The summed E-state index contributed by atoms with van der Waals surface area (Å²) in [4.78, 5) is 103. The van der Waals surface area contributed by atoms with E-state index in [1.165, 1.54) is 18.2 Å². The van der Waals surface area contributed by atoms with Crippen LogP contribution in [0.4, 0.5) is 0 Å². The number of carboxylic acids is 8. The molecule has 4 aliphatic rings. The van der Waals surface area contributed by atoms with E-state index in [4.69, 9.17) is 10.3 Å². The second-order valence-electron chi connectivity index (χ2n) is 16.5. The fourth-order valence-corrected chi connectivity index (χ4v) is 9.36. The average molecular weight is 923 g/mol. The summed E-state index contributed by atoms with van der Waals surface area (Å²) < 4.78 is 0. The van der Waals surface area contributed by atoms with Crippen LogP contribution in [0.25, 0.3) is 17.5 Å². The molecule has 0 aromatic carbocycles. The van der Waals surface area contributed by atoms with Crippen LogP contribution in [0.5, 0.6) is 0 Å². The number of hydrogen-bond acceptors (Lipinski definition) is 10. The van der Waals surface area contributed by atoms with Gasteiger partial charge in [-0.15, -0.1) is 11.4 Å². The first-order valence-electron chi connectivity index (χ1n) is 19.8. The van der Waals surface area contributed by atoms with Crippen molar-refractivity contribution >= 4 is 59.9 Å². The second kappa shape index (κ2) is 19.8. The maximum atomic E-state index is 12.6. The van der Waals surface area contributed by atoms with Crippen LogP contribution in [0.1, 0.15) is 101 Å². The molecule has 2 saturated heterocycles. The molecule has 0 amide bonds. The number of allylic oxidation sites excluding steroid dienone is 4. The third-order valence-electron chi connectivity index (χ3n) is 12.2. The molecule has 10 N–H and O–H groups in total. The van der Waals surface area contributed by atoms with Gasteiger partial charge in [-0.3, -0.25) is 38.4 Å². The molecule has 63 heavy (non-hydrogen) atoms. The zero-order chi connectivity index (χ0) is 45.8. The average Bonchev–Trinajstić information content (AvgIpc) is 3.77. The number of fused-ring (bicyclic) bond motifs is 8. The van der Waals surface area contributed by atoms with Gasteiger partial charge in [-0.1, -0.05) is 43.7 Å². The normalized spacial score (nSPS) is 24.6. The summed E-state index contributed by atoms with van der Waals surface area (Å²) in [5, 5.41) is 91.2. The Balaban J connectivity index is 0.00000871. The van der Waals surface area contributed by atoms with E-state index in [1.54, 1.807) is 19.9 Å². The number of aliphatic carboxylic acids is 8. The van der Waals surface area contributed by atoms with E-state index >= 15 is 0 Å². The van der Waals surface area contributed by atoms with Crippen molar-refractivity contribution in [3.05, 3.63) is 73.9 Å². The van der Waals surface area contributed by atoms with E-state index in [0.717, 1.165) is 0 Å². The van der Waals surface area contributed by atoms with E-state index in [-0.39, 0.29) is 99.2 Å². The van der Waals surface area contributed by atoms with Crippen LogP contribution < -0.4 is 15.6 Å². The molecule has 0 radical (unpaired) electrons. The van der Waals surface area contributed by atoms with Crippen molar-refractivity contribution in [2.75, 3.05) is 0 Å². The van der Waals surface area contributed by atoms with Crippen molar-refractivity contribution in [1.82, 2.24) is 15.6 Å². The molecule has 4 aliphatic heterocycles. The van der Waals surface area contributed by atoms with E-state index in [9.17, 15) is 79.2 Å². The van der Waals surface area contributed by atoms with Crippen molar-refractivity contribution in [2.24, 2.45) is 22.7 Å². The first kappa shape index (κ1) is 49.3. The number of carbonyl (C=O) groups is 8. The molecule has 6 atom stereocenters. The van der Waals surface area contributed by atoms with Gasteiger partial charge in [-0.05, 0) is 53.7 Å². The van der Waals surface area contributed by atoms with Crippen LogP contribution in [0.15, 0.2) is 46.1 Å². The predicted molar refractivity (Wildman–Crippen MR) is 217 cm³/mol. The standard InChI is InChI=1S/C42H48N4O16.Fe.2H/c1-41(17-39(59)60)23(5-9-35(51)52)29-14-27-21(11-37(55)56)19(3-7-33(47)48)25(43-27)13-26-20(4-8-34(49)50)22(12-38(57)58)28(44-26)15-31-42(2,18-40(61)62)24(6-10-36(53)54)30(46-31)16-32(41)45-29;;;/h13-16,23-24,28,32,44-45H,3-12,17-18H2,1-2H3,(H,47,48)(H,49,50)(H,51,52)(H,53,54)(H,55,56)(H,57,58)(H,59,60)(H,61,62);;;/q-2;;;. The molecule has 21 heteroatoms. The van der Waals surface area contributed by atoms with E-state index in [1.807, 2.05) is 0 Å². The molecule has 2 fully saturated rings. The van der Waals surface area contributed by atoms with Gasteiger partial charge in [0, 0.05) is 54.5 Å². The summed E-state index contributed by atoms with van der Waals surface area (Å²) in [5.74, 6) is -11.8. The van der Waals surface area contributed by atoms with Crippen LogP contribution in [0.3, 0.4) is 0 Å². The van der Waals surface area contributed by atoms with Gasteiger partial charge >= 0.3 is 64.8 Å². The Kier molecular flexibility index (Phi) is 15.5. The van der Waals surface area contributed by atoms with Crippen molar-refractivity contribution in [3.63, 3.8) is 0 Å². The van der Waals surface area contributed by atoms with Gasteiger partial charge in [0.1, 0.15) is 0 Å². The molecule has 0 spiro atoms. The number of hydrogen-bond donors (Lipinski definition) is 10. The Bertz CT molecular complexity index is 2250. The molecule has 0 saturated carbocycles. The van der Waals surface area contributed by atoms with E-state index < -0.39 is 134 Å².